The zero-order valence-corrected chi connectivity index (χ0v) is 13.4. The molecular formula is C15H21FN2O3S. The van der Waals surface area contributed by atoms with E-state index in [-0.39, 0.29) is 17.2 Å². The zero-order valence-electron chi connectivity index (χ0n) is 12.5. The van der Waals surface area contributed by atoms with Gasteiger partial charge in [0.05, 0.1) is 10.1 Å². The van der Waals surface area contributed by atoms with Gasteiger partial charge in [0.2, 0.25) is 5.91 Å². The number of hydrogen-bond acceptors (Lipinski definition) is 4. The minimum Gasteiger partial charge on any atom is -0.342 e. The molecule has 1 aliphatic rings. The van der Waals surface area contributed by atoms with Crippen molar-refractivity contribution in [3.05, 3.63) is 30.1 Å². The highest BCUT2D eigenvalue weighted by Gasteiger charge is 2.30. The molecule has 1 heterocycles. The Kier molecular flexibility index (Phi) is 5.18. The largest absolute Gasteiger partial charge is 0.342 e. The normalized spacial score (nSPS) is 20.1. The van der Waals surface area contributed by atoms with Crippen LogP contribution < -0.4 is 5.73 Å². The van der Waals surface area contributed by atoms with E-state index in [1.165, 1.54) is 19.1 Å². The predicted molar refractivity (Wildman–Crippen MR) is 81.4 cm³/mol. The average molecular weight is 328 g/mol. The van der Waals surface area contributed by atoms with Crippen molar-refractivity contribution in [1.29, 1.82) is 0 Å². The second kappa shape index (κ2) is 6.75. The van der Waals surface area contributed by atoms with Crippen molar-refractivity contribution in [2.24, 2.45) is 11.7 Å². The van der Waals surface area contributed by atoms with Gasteiger partial charge in [0.1, 0.15) is 5.82 Å². The summed E-state index contributed by atoms with van der Waals surface area (Å²) in [5.74, 6) is -0.366. The quantitative estimate of drug-likeness (QED) is 0.823. The third kappa shape index (κ3) is 3.64. The lowest BCUT2D eigenvalue weighted by Crippen LogP contribution is -2.33. The Morgan fingerprint density at radius 3 is 2.59 bits per heavy atom. The minimum absolute atomic E-state index is 0.0375. The lowest BCUT2D eigenvalue weighted by atomic mass is 10.1. The number of benzene rings is 1. The summed E-state index contributed by atoms with van der Waals surface area (Å²) in [7, 11) is -3.64. The fourth-order valence-electron chi connectivity index (χ4n) is 2.59. The molecule has 2 rings (SSSR count). The van der Waals surface area contributed by atoms with Crippen molar-refractivity contribution >= 4 is 15.7 Å². The van der Waals surface area contributed by atoms with E-state index >= 15 is 0 Å². The van der Waals surface area contributed by atoms with Crippen molar-refractivity contribution in [3.8, 4) is 0 Å². The summed E-state index contributed by atoms with van der Waals surface area (Å²) < 4.78 is 37.7. The number of hydrogen-bond donors (Lipinski definition) is 1. The fourth-order valence-corrected chi connectivity index (χ4v) is 3.93. The Hall–Kier alpha value is -1.47. The van der Waals surface area contributed by atoms with Gasteiger partial charge in [0.15, 0.2) is 9.84 Å². The lowest BCUT2D eigenvalue weighted by molar-refractivity contribution is -0.130. The Morgan fingerprint density at radius 1 is 1.41 bits per heavy atom. The number of nitrogens with zero attached hydrogens (tertiary/aromatic N) is 1. The zero-order chi connectivity index (χ0) is 16.3. The number of sulfone groups is 1. The molecule has 1 saturated heterocycles. The molecule has 1 aliphatic heterocycles. The average Bonchev–Trinajstić information content (AvgIpc) is 2.96. The van der Waals surface area contributed by atoms with E-state index in [4.69, 9.17) is 5.73 Å². The maximum atomic E-state index is 12.9. The van der Waals surface area contributed by atoms with Gasteiger partial charge in [-0.05, 0) is 50.1 Å². The highest BCUT2D eigenvalue weighted by atomic mass is 32.2. The summed E-state index contributed by atoms with van der Waals surface area (Å²) in [5.41, 5.74) is 5.59. The van der Waals surface area contributed by atoms with Crippen LogP contribution in [0.2, 0.25) is 0 Å². The SMILES string of the molecule is C[C@@H](CC(=O)N1CC[C@H](CN)C1)S(=O)(=O)c1ccc(F)cc1. The van der Waals surface area contributed by atoms with Gasteiger partial charge in [-0.3, -0.25) is 4.79 Å². The van der Waals surface area contributed by atoms with Crippen molar-refractivity contribution in [2.75, 3.05) is 19.6 Å². The Bertz CT molecular complexity index is 631. The minimum atomic E-state index is -3.64. The van der Waals surface area contributed by atoms with E-state index in [1.54, 1.807) is 4.90 Å². The molecule has 5 nitrogen and oxygen atoms in total. The molecule has 0 radical (unpaired) electrons. The van der Waals surface area contributed by atoms with Crippen molar-refractivity contribution in [2.45, 2.75) is 29.9 Å². The van der Waals surface area contributed by atoms with Gasteiger partial charge >= 0.3 is 0 Å². The highest BCUT2D eigenvalue weighted by Crippen LogP contribution is 2.21. The number of carbonyl (C=O) groups is 1. The first-order chi connectivity index (χ1) is 10.3. The third-order valence-corrected chi connectivity index (χ3v) is 6.26. The second-order valence-corrected chi connectivity index (χ2v) is 8.11. The monoisotopic (exact) mass is 328 g/mol. The van der Waals surface area contributed by atoms with E-state index in [0.29, 0.717) is 25.6 Å². The molecule has 1 fully saturated rings. The summed E-state index contributed by atoms with van der Waals surface area (Å²) in [5, 5.41) is -0.845. The van der Waals surface area contributed by atoms with E-state index in [0.717, 1.165) is 18.6 Å². The van der Waals surface area contributed by atoms with Crippen LogP contribution in [-0.2, 0) is 14.6 Å². The Morgan fingerprint density at radius 2 is 2.05 bits per heavy atom. The number of amides is 1. The molecule has 22 heavy (non-hydrogen) atoms. The summed E-state index contributed by atoms with van der Waals surface area (Å²) in [6.07, 6.45) is 0.790. The molecule has 7 heteroatoms. The molecular weight excluding hydrogens is 307 g/mol. The Balaban J connectivity index is 2.03. The van der Waals surface area contributed by atoms with Gasteiger partial charge in [0.25, 0.3) is 0 Å². The van der Waals surface area contributed by atoms with Crippen LogP contribution >= 0.6 is 0 Å². The van der Waals surface area contributed by atoms with Crippen molar-refractivity contribution < 1.29 is 17.6 Å². The van der Waals surface area contributed by atoms with Crippen LogP contribution in [0, 0.1) is 11.7 Å². The molecule has 0 saturated carbocycles. The van der Waals surface area contributed by atoms with Crippen LogP contribution in [0.4, 0.5) is 4.39 Å². The van der Waals surface area contributed by atoms with Gasteiger partial charge in [-0.2, -0.15) is 0 Å². The number of rotatable bonds is 5. The van der Waals surface area contributed by atoms with Crippen molar-refractivity contribution in [1.82, 2.24) is 4.90 Å². The standard InChI is InChI=1S/C15H21FN2O3S/c1-11(8-15(19)18-7-6-12(9-17)10-18)22(20,21)14-4-2-13(16)3-5-14/h2-5,11-12H,6-10,17H2,1H3/t11-,12+/m0/s1. The number of nitrogens with two attached hydrogens (primary N) is 1. The first-order valence-corrected chi connectivity index (χ1v) is 8.86. The number of halogens is 1. The first-order valence-electron chi connectivity index (χ1n) is 7.32. The molecule has 0 aliphatic carbocycles. The summed E-state index contributed by atoms with van der Waals surface area (Å²) >= 11 is 0. The maximum absolute atomic E-state index is 12.9. The molecule has 1 amide bonds. The smallest absolute Gasteiger partial charge is 0.223 e. The van der Waals surface area contributed by atoms with Crippen LogP contribution in [0.5, 0.6) is 0 Å². The first kappa shape index (κ1) is 16.9. The predicted octanol–water partition coefficient (Wildman–Crippen LogP) is 1.19. The fraction of sp³-hybridized carbons (Fsp3) is 0.533. The topological polar surface area (TPSA) is 80.5 Å². The molecule has 122 valence electrons. The van der Waals surface area contributed by atoms with Crippen LogP contribution in [0.1, 0.15) is 19.8 Å². The molecule has 0 bridgehead atoms. The van der Waals surface area contributed by atoms with Gasteiger partial charge < -0.3 is 10.6 Å². The van der Waals surface area contributed by atoms with Crippen LogP contribution in [0.3, 0.4) is 0 Å². The summed E-state index contributed by atoms with van der Waals surface area (Å²) in [6, 6.07) is 4.67. The van der Waals surface area contributed by atoms with Gasteiger partial charge in [-0.15, -0.1) is 0 Å². The molecule has 0 spiro atoms. The maximum Gasteiger partial charge on any atom is 0.223 e. The van der Waals surface area contributed by atoms with Gasteiger partial charge in [-0.25, -0.2) is 12.8 Å². The molecule has 1 aromatic rings. The second-order valence-electron chi connectivity index (χ2n) is 5.74. The van der Waals surface area contributed by atoms with Crippen LogP contribution in [-0.4, -0.2) is 44.1 Å². The molecule has 2 N–H and O–H groups in total. The number of likely N-dealkylation sites (tertiary alicyclic amines) is 1. The van der Waals surface area contributed by atoms with E-state index in [9.17, 15) is 17.6 Å². The molecule has 0 aromatic heterocycles. The van der Waals surface area contributed by atoms with Gasteiger partial charge in [-0.1, -0.05) is 0 Å². The van der Waals surface area contributed by atoms with E-state index < -0.39 is 20.9 Å². The molecule has 0 unspecified atom stereocenters. The summed E-state index contributed by atoms with van der Waals surface area (Å²) in [4.78, 5) is 13.9. The summed E-state index contributed by atoms with van der Waals surface area (Å²) in [6.45, 7) is 3.27. The Labute approximate surface area is 130 Å². The van der Waals surface area contributed by atoms with Crippen LogP contribution in [0.15, 0.2) is 29.2 Å². The van der Waals surface area contributed by atoms with E-state index in [2.05, 4.69) is 0 Å². The highest BCUT2D eigenvalue weighted by molar-refractivity contribution is 7.92. The number of carbonyl (C=O) groups excluding carboxylic acids is 1. The van der Waals surface area contributed by atoms with Crippen LogP contribution in [0.25, 0.3) is 0 Å². The van der Waals surface area contributed by atoms with Crippen molar-refractivity contribution in [3.63, 3.8) is 0 Å². The lowest BCUT2D eigenvalue weighted by Gasteiger charge is -2.19. The van der Waals surface area contributed by atoms with Gasteiger partial charge in [0, 0.05) is 19.5 Å². The molecule has 1 aromatic carbocycles. The third-order valence-electron chi connectivity index (χ3n) is 4.11. The van der Waals surface area contributed by atoms with E-state index in [1.807, 2.05) is 0 Å². The molecule has 2 atom stereocenters.